The zero-order valence-electron chi connectivity index (χ0n) is 10.1. The molecule has 2 heterocycles. The quantitative estimate of drug-likeness (QED) is 0.880. The van der Waals surface area contributed by atoms with Gasteiger partial charge in [0.1, 0.15) is 10.8 Å². The van der Waals surface area contributed by atoms with Crippen molar-refractivity contribution in [2.75, 3.05) is 6.54 Å². The van der Waals surface area contributed by atoms with Crippen LogP contribution in [0, 0.1) is 0 Å². The molecule has 1 aromatic rings. The van der Waals surface area contributed by atoms with E-state index in [0.717, 1.165) is 19.3 Å². The monoisotopic (exact) mass is 290 g/mol. The SMILES string of the molecule is CC(O)C1CCCCN1C(=O)c1cc(Cl)c(Cl)[nH]1. The number of carbonyl (C=O) groups excluding carboxylic acids is 1. The van der Waals surface area contributed by atoms with Crippen molar-refractivity contribution < 1.29 is 9.90 Å². The van der Waals surface area contributed by atoms with Crippen molar-refractivity contribution in [3.8, 4) is 0 Å². The molecule has 2 rings (SSSR count). The summed E-state index contributed by atoms with van der Waals surface area (Å²) in [5.74, 6) is -0.158. The van der Waals surface area contributed by atoms with Gasteiger partial charge in [-0.3, -0.25) is 4.79 Å². The average Bonchev–Trinajstić information content (AvgIpc) is 2.68. The Bertz CT molecular complexity index is 426. The van der Waals surface area contributed by atoms with Gasteiger partial charge in [0.2, 0.25) is 0 Å². The molecule has 0 aliphatic carbocycles. The third kappa shape index (κ3) is 2.66. The van der Waals surface area contributed by atoms with Crippen LogP contribution in [0.15, 0.2) is 6.07 Å². The van der Waals surface area contributed by atoms with E-state index in [1.54, 1.807) is 11.8 Å². The zero-order chi connectivity index (χ0) is 13.3. The molecule has 0 bridgehead atoms. The maximum atomic E-state index is 12.3. The minimum absolute atomic E-state index is 0.132. The number of aromatic nitrogens is 1. The van der Waals surface area contributed by atoms with Crippen molar-refractivity contribution in [2.24, 2.45) is 0 Å². The number of piperidine rings is 1. The van der Waals surface area contributed by atoms with Crippen molar-refractivity contribution in [2.45, 2.75) is 38.3 Å². The van der Waals surface area contributed by atoms with E-state index < -0.39 is 6.10 Å². The second-order valence-corrected chi connectivity index (χ2v) is 5.43. The summed E-state index contributed by atoms with van der Waals surface area (Å²) in [6, 6.07) is 1.40. The summed E-state index contributed by atoms with van der Waals surface area (Å²) in [6.45, 7) is 2.37. The number of amides is 1. The van der Waals surface area contributed by atoms with E-state index in [1.807, 2.05) is 0 Å². The molecule has 2 unspecified atom stereocenters. The molecule has 1 fully saturated rings. The highest BCUT2D eigenvalue weighted by atomic mass is 35.5. The number of hydrogen-bond donors (Lipinski definition) is 2. The van der Waals surface area contributed by atoms with Gasteiger partial charge in [-0.2, -0.15) is 0 Å². The summed E-state index contributed by atoms with van der Waals surface area (Å²) in [7, 11) is 0. The highest BCUT2D eigenvalue weighted by Crippen LogP contribution is 2.26. The van der Waals surface area contributed by atoms with E-state index in [1.165, 1.54) is 6.07 Å². The van der Waals surface area contributed by atoms with Gasteiger partial charge in [0.25, 0.3) is 5.91 Å². The summed E-state index contributed by atoms with van der Waals surface area (Å²) < 4.78 is 0. The van der Waals surface area contributed by atoms with E-state index in [-0.39, 0.29) is 17.1 Å². The first-order chi connectivity index (χ1) is 8.50. The van der Waals surface area contributed by atoms with Crippen molar-refractivity contribution in [3.63, 3.8) is 0 Å². The molecular weight excluding hydrogens is 275 g/mol. The second kappa shape index (κ2) is 5.51. The molecule has 6 heteroatoms. The van der Waals surface area contributed by atoms with Gasteiger partial charge in [-0.25, -0.2) is 0 Å². The van der Waals surface area contributed by atoms with Gasteiger partial charge in [-0.1, -0.05) is 23.2 Å². The summed E-state index contributed by atoms with van der Waals surface area (Å²) in [5.41, 5.74) is 0.373. The Morgan fingerprint density at radius 2 is 2.28 bits per heavy atom. The Labute approximate surface area is 116 Å². The average molecular weight is 291 g/mol. The Hall–Kier alpha value is -0.710. The number of halogens is 2. The lowest BCUT2D eigenvalue weighted by molar-refractivity contribution is 0.0277. The second-order valence-electron chi connectivity index (χ2n) is 4.65. The van der Waals surface area contributed by atoms with Crippen LogP contribution in [-0.4, -0.2) is 39.6 Å². The molecule has 100 valence electrons. The summed E-state index contributed by atoms with van der Waals surface area (Å²) in [6.07, 6.45) is 2.28. The molecule has 4 nitrogen and oxygen atoms in total. The first kappa shape index (κ1) is 13.7. The molecule has 0 spiro atoms. The van der Waals surface area contributed by atoms with Crippen LogP contribution < -0.4 is 0 Å². The Balaban J connectivity index is 2.20. The molecule has 1 aromatic heterocycles. The van der Waals surface area contributed by atoms with Crippen molar-refractivity contribution in [3.05, 3.63) is 21.9 Å². The number of nitrogens with zero attached hydrogens (tertiary/aromatic N) is 1. The number of rotatable bonds is 2. The highest BCUT2D eigenvalue weighted by Gasteiger charge is 2.31. The van der Waals surface area contributed by atoms with E-state index >= 15 is 0 Å². The Morgan fingerprint density at radius 1 is 1.56 bits per heavy atom. The van der Waals surface area contributed by atoms with Gasteiger partial charge in [0.15, 0.2) is 0 Å². The molecule has 18 heavy (non-hydrogen) atoms. The predicted molar refractivity (Wildman–Crippen MR) is 71.2 cm³/mol. The van der Waals surface area contributed by atoms with Crippen LogP contribution >= 0.6 is 23.2 Å². The van der Waals surface area contributed by atoms with Crippen LogP contribution in [0.2, 0.25) is 10.2 Å². The van der Waals surface area contributed by atoms with Crippen molar-refractivity contribution in [1.29, 1.82) is 0 Å². The standard InChI is InChI=1S/C12H16Cl2N2O2/c1-7(17)10-4-2-3-5-16(10)12(18)9-6-8(13)11(14)15-9/h6-7,10,15,17H,2-5H2,1H3. The maximum Gasteiger partial charge on any atom is 0.270 e. The normalized spacial score (nSPS) is 22.0. The smallest absolute Gasteiger partial charge is 0.270 e. The molecule has 2 atom stereocenters. The third-order valence-electron chi connectivity index (χ3n) is 3.32. The first-order valence-corrected chi connectivity index (χ1v) is 6.79. The number of H-pyrrole nitrogens is 1. The van der Waals surface area contributed by atoms with Gasteiger partial charge < -0.3 is 15.0 Å². The fourth-order valence-corrected chi connectivity index (χ4v) is 2.70. The summed E-state index contributed by atoms with van der Waals surface area (Å²) in [5, 5.41) is 10.4. The Morgan fingerprint density at radius 3 is 2.83 bits per heavy atom. The lowest BCUT2D eigenvalue weighted by atomic mass is 9.98. The van der Waals surface area contributed by atoms with Gasteiger partial charge >= 0.3 is 0 Å². The molecule has 1 aliphatic heterocycles. The zero-order valence-corrected chi connectivity index (χ0v) is 11.6. The van der Waals surface area contributed by atoms with Gasteiger partial charge in [0.05, 0.1) is 17.2 Å². The molecule has 0 radical (unpaired) electrons. The van der Waals surface area contributed by atoms with Crippen LogP contribution in [0.3, 0.4) is 0 Å². The molecule has 1 saturated heterocycles. The fourth-order valence-electron chi connectivity index (χ4n) is 2.39. The predicted octanol–water partition coefficient (Wildman–Crippen LogP) is 2.70. The van der Waals surface area contributed by atoms with Gasteiger partial charge in [-0.15, -0.1) is 0 Å². The number of carbonyl (C=O) groups is 1. The molecule has 0 aromatic carbocycles. The Kier molecular flexibility index (Phi) is 4.20. The minimum atomic E-state index is -0.532. The van der Waals surface area contributed by atoms with Crippen LogP contribution in [0.4, 0.5) is 0 Å². The van der Waals surface area contributed by atoms with Crippen molar-refractivity contribution in [1.82, 2.24) is 9.88 Å². The summed E-state index contributed by atoms with van der Waals surface area (Å²) >= 11 is 11.6. The number of nitrogens with one attached hydrogen (secondary N) is 1. The lowest BCUT2D eigenvalue weighted by Crippen LogP contribution is -2.49. The van der Waals surface area contributed by atoms with E-state index in [4.69, 9.17) is 23.2 Å². The van der Waals surface area contributed by atoms with E-state index in [2.05, 4.69) is 4.98 Å². The van der Waals surface area contributed by atoms with Gasteiger partial charge in [0, 0.05) is 6.54 Å². The first-order valence-electron chi connectivity index (χ1n) is 6.03. The summed E-state index contributed by atoms with van der Waals surface area (Å²) in [4.78, 5) is 16.8. The minimum Gasteiger partial charge on any atom is -0.391 e. The van der Waals surface area contributed by atoms with E-state index in [9.17, 15) is 9.90 Å². The largest absolute Gasteiger partial charge is 0.391 e. The highest BCUT2D eigenvalue weighted by molar-refractivity contribution is 6.41. The topological polar surface area (TPSA) is 56.3 Å². The third-order valence-corrected chi connectivity index (χ3v) is 4.02. The number of aliphatic hydroxyl groups excluding tert-OH is 1. The number of hydrogen-bond acceptors (Lipinski definition) is 2. The molecule has 0 saturated carbocycles. The number of aliphatic hydroxyl groups is 1. The molecule has 2 N–H and O–H groups in total. The van der Waals surface area contributed by atoms with Gasteiger partial charge in [-0.05, 0) is 32.3 Å². The molecule has 1 aliphatic rings. The number of likely N-dealkylation sites (tertiary alicyclic amines) is 1. The fraction of sp³-hybridized carbons (Fsp3) is 0.583. The van der Waals surface area contributed by atoms with Crippen LogP contribution in [0.5, 0.6) is 0 Å². The molecular formula is C12H16Cl2N2O2. The number of aromatic amines is 1. The van der Waals surface area contributed by atoms with Crippen LogP contribution in [0.25, 0.3) is 0 Å². The van der Waals surface area contributed by atoms with Crippen LogP contribution in [-0.2, 0) is 0 Å². The van der Waals surface area contributed by atoms with Crippen LogP contribution in [0.1, 0.15) is 36.7 Å². The van der Waals surface area contributed by atoms with Crippen molar-refractivity contribution >= 4 is 29.1 Å². The van der Waals surface area contributed by atoms with E-state index in [0.29, 0.717) is 17.3 Å². The lowest BCUT2D eigenvalue weighted by Gasteiger charge is -2.37. The molecule has 1 amide bonds. The maximum absolute atomic E-state index is 12.3.